The predicted octanol–water partition coefficient (Wildman–Crippen LogP) is 2.37. The molecule has 2 aromatic rings. The van der Waals surface area contributed by atoms with E-state index in [0.29, 0.717) is 6.04 Å². The van der Waals surface area contributed by atoms with Gasteiger partial charge < -0.3 is 5.32 Å². The van der Waals surface area contributed by atoms with Crippen LogP contribution < -0.4 is 5.32 Å². The summed E-state index contributed by atoms with van der Waals surface area (Å²) in [6, 6.07) is 9.13. The molecule has 4 heteroatoms. The van der Waals surface area contributed by atoms with Gasteiger partial charge in [-0.2, -0.15) is 5.10 Å². The zero-order chi connectivity index (χ0) is 14.4. The minimum absolute atomic E-state index is 0.387. The Morgan fingerprint density at radius 3 is 2.60 bits per heavy atom. The molecule has 1 N–H and O–H groups in total. The fourth-order valence-corrected chi connectivity index (χ4v) is 2.35. The summed E-state index contributed by atoms with van der Waals surface area (Å²) in [6.07, 6.45) is 4.66. The molecule has 0 bridgehead atoms. The van der Waals surface area contributed by atoms with Crippen molar-refractivity contribution in [2.45, 2.75) is 45.7 Å². The van der Waals surface area contributed by atoms with Crippen molar-refractivity contribution in [3.8, 4) is 0 Å². The quantitative estimate of drug-likeness (QED) is 0.841. The molecule has 4 nitrogen and oxygen atoms in total. The predicted molar refractivity (Wildman–Crippen MR) is 81.7 cm³/mol. The number of likely N-dealkylation sites (N-methyl/N-ethyl adjacent to an activating group) is 1. The maximum atomic E-state index is 4.39. The molecule has 20 heavy (non-hydrogen) atoms. The molecule has 1 heterocycles. The minimum Gasteiger partial charge on any atom is -0.316 e. The molecule has 1 aromatic carbocycles. The zero-order valence-electron chi connectivity index (χ0n) is 12.6. The lowest BCUT2D eigenvalue weighted by molar-refractivity contribution is 0.501. The van der Waals surface area contributed by atoms with Gasteiger partial charge in [-0.15, -0.1) is 0 Å². The van der Waals surface area contributed by atoms with E-state index < -0.39 is 0 Å². The van der Waals surface area contributed by atoms with Crippen LogP contribution in [0.4, 0.5) is 0 Å². The molecule has 0 saturated carbocycles. The number of benzene rings is 1. The van der Waals surface area contributed by atoms with Crippen molar-refractivity contribution in [1.82, 2.24) is 20.1 Å². The average molecular weight is 272 g/mol. The van der Waals surface area contributed by atoms with E-state index in [1.165, 1.54) is 11.1 Å². The lowest BCUT2D eigenvalue weighted by Crippen LogP contribution is -2.31. The van der Waals surface area contributed by atoms with Crippen molar-refractivity contribution in [2.24, 2.45) is 0 Å². The molecule has 0 saturated heterocycles. The first kappa shape index (κ1) is 14.7. The molecule has 0 fully saturated rings. The first-order valence-corrected chi connectivity index (χ1v) is 7.32. The Hall–Kier alpha value is -1.68. The normalized spacial score (nSPS) is 12.6. The smallest absolute Gasteiger partial charge is 0.138 e. The molecular weight excluding hydrogens is 248 g/mol. The Morgan fingerprint density at radius 2 is 1.95 bits per heavy atom. The lowest BCUT2D eigenvalue weighted by Gasteiger charge is -2.16. The highest BCUT2D eigenvalue weighted by molar-refractivity contribution is 5.22. The molecule has 0 aliphatic heterocycles. The van der Waals surface area contributed by atoms with Crippen molar-refractivity contribution in [3.05, 3.63) is 47.5 Å². The number of hydrogen-bond acceptors (Lipinski definition) is 3. The van der Waals surface area contributed by atoms with Gasteiger partial charge >= 0.3 is 0 Å². The van der Waals surface area contributed by atoms with Crippen LogP contribution in [0, 0.1) is 6.92 Å². The second-order valence-corrected chi connectivity index (χ2v) is 5.28. The van der Waals surface area contributed by atoms with E-state index in [1.807, 2.05) is 11.7 Å². The van der Waals surface area contributed by atoms with Crippen LogP contribution in [-0.4, -0.2) is 27.9 Å². The summed E-state index contributed by atoms with van der Waals surface area (Å²) in [6.45, 7) is 5.22. The Balaban J connectivity index is 2.01. The Bertz CT molecular complexity index is 516. The summed E-state index contributed by atoms with van der Waals surface area (Å²) in [5, 5.41) is 7.68. The topological polar surface area (TPSA) is 42.7 Å². The van der Waals surface area contributed by atoms with Gasteiger partial charge in [-0.25, -0.2) is 4.98 Å². The van der Waals surface area contributed by atoms with Crippen molar-refractivity contribution >= 4 is 0 Å². The van der Waals surface area contributed by atoms with Crippen LogP contribution in [0.25, 0.3) is 0 Å². The van der Waals surface area contributed by atoms with Gasteiger partial charge in [0, 0.05) is 19.0 Å². The highest BCUT2D eigenvalue weighted by Gasteiger charge is 2.12. The maximum absolute atomic E-state index is 4.39. The molecule has 0 amide bonds. The summed E-state index contributed by atoms with van der Waals surface area (Å²) in [5.41, 5.74) is 2.66. The van der Waals surface area contributed by atoms with Gasteiger partial charge in [-0.3, -0.25) is 4.68 Å². The monoisotopic (exact) mass is 272 g/mol. The van der Waals surface area contributed by atoms with Gasteiger partial charge in [-0.1, -0.05) is 36.8 Å². The van der Waals surface area contributed by atoms with Crippen LogP contribution in [0.15, 0.2) is 30.6 Å². The third-order valence-electron chi connectivity index (χ3n) is 3.57. The second kappa shape index (κ2) is 7.20. The molecule has 0 aliphatic carbocycles. The third kappa shape index (κ3) is 3.90. The summed E-state index contributed by atoms with van der Waals surface area (Å²) < 4.78 is 2.01. The van der Waals surface area contributed by atoms with Gasteiger partial charge in [0.1, 0.15) is 12.2 Å². The molecule has 1 aromatic heterocycles. The first-order chi connectivity index (χ1) is 9.72. The SMILES string of the molecule is CCCn1ncnc1CC(Cc1ccc(C)cc1)NC. The average Bonchev–Trinajstić information content (AvgIpc) is 2.88. The molecule has 0 radical (unpaired) electrons. The summed E-state index contributed by atoms with van der Waals surface area (Å²) in [5.74, 6) is 1.07. The largest absolute Gasteiger partial charge is 0.316 e. The van der Waals surface area contributed by atoms with E-state index in [-0.39, 0.29) is 0 Å². The Morgan fingerprint density at radius 1 is 1.20 bits per heavy atom. The standard InChI is InChI=1S/C16H24N4/c1-4-9-20-16(18-12-19-20)11-15(17-3)10-14-7-5-13(2)6-8-14/h5-8,12,15,17H,4,9-11H2,1-3H3. The summed E-state index contributed by atoms with van der Waals surface area (Å²) in [7, 11) is 2.01. The molecule has 1 atom stereocenters. The van der Waals surface area contributed by atoms with Crippen molar-refractivity contribution < 1.29 is 0 Å². The van der Waals surface area contributed by atoms with E-state index in [9.17, 15) is 0 Å². The molecule has 108 valence electrons. The fourth-order valence-electron chi connectivity index (χ4n) is 2.35. The van der Waals surface area contributed by atoms with Gasteiger partial charge in [-0.05, 0) is 32.4 Å². The van der Waals surface area contributed by atoms with E-state index in [1.54, 1.807) is 6.33 Å². The highest BCUT2D eigenvalue weighted by Crippen LogP contribution is 2.09. The Labute approximate surface area is 121 Å². The van der Waals surface area contributed by atoms with Gasteiger partial charge in [0.15, 0.2) is 0 Å². The van der Waals surface area contributed by atoms with E-state index in [4.69, 9.17) is 0 Å². The summed E-state index contributed by atoms with van der Waals surface area (Å²) in [4.78, 5) is 4.39. The number of nitrogens with one attached hydrogen (secondary N) is 1. The van der Waals surface area contributed by atoms with E-state index in [0.717, 1.165) is 31.6 Å². The van der Waals surface area contributed by atoms with Crippen LogP contribution in [0.1, 0.15) is 30.3 Å². The fraction of sp³-hybridized carbons (Fsp3) is 0.500. The minimum atomic E-state index is 0.387. The number of rotatable bonds is 7. The van der Waals surface area contributed by atoms with Crippen LogP contribution in [0.2, 0.25) is 0 Å². The number of aryl methyl sites for hydroxylation is 2. The van der Waals surface area contributed by atoms with E-state index >= 15 is 0 Å². The number of hydrogen-bond donors (Lipinski definition) is 1. The Kier molecular flexibility index (Phi) is 5.30. The number of nitrogens with zero attached hydrogens (tertiary/aromatic N) is 3. The molecular formula is C16H24N4. The van der Waals surface area contributed by atoms with Crippen LogP contribution in [0.3, 0.4) is 0 Å². The molecule has 1 unspecified atom stereocenters. The third-order valence-corrected chi connectivity index (χ3v) is 3.57. The summed E-state index contributed by atoms with van der Waals surface area (Å²) >= 11 is 0. The molecule has 2 rings (SSSR count). The van der Waals surface area contributed by atoms with Crippen molar-refractivity contribution in [3.63, 3.8) is 0 Å². The first-order valence-electron chi connectivity index (χ1n) is 7.32. The van der Waals surface area contributed by atoms with Gasteiger partial charge in [0.25, 0.3) is 0 Å². The lowest BCUT2D eigenvalue weighted by atomic mass is 10.0. The van der Waals surface area contributed by atoms with Gasteiger partial charge in [0.2, 0.25) is 0 Å². The second-order valence-electron chi connectivity index (χ2n) is 5.28. The van der Waals surface area contributed by atoms with Gasteiger partial charge in [0.05, 0.1) is 0 Å². The number of aromatic nitrogens is 3. The molecule has 0 aliphatic rings. The van der Waals surface area contributed by atoms with Crippen molar-refractivity contribution in [1.29, 1.82) is 0 Å². The maximum Gasteiger partial charge on any atom is 0.138 e. The highest BCUT2D eigenvalue weighted by atomic mass is 15.3. The van der Waals surface area contributed by atoms with Crippen LogP contribution in [0.5, 0.6) is 0 Å². The van der Waals surface area contributed by atoms with E-state index in [2.05, 4.69) is 53.5 Å². The molecule has 0 spiro atoms. The zero-order valence-corrected chi connectivity index (χ0v) is 12.6. The van der Waals surface area contributed by atoms with Crippen LogP contribution >= 0.6 is 0 Å². The van der Waals surface area contributed by atoms with Crippen LogP contribution in [-0.2, 0) is 19.4 Å². The van der Waals surface area contributed by atoms with Crippen molar-refractivity contribution in [2.75, 3.05) is 7.05 Å².